The normalized spacial score (nSPS) is 10.5. The fourth-order valence-electron chi connectivity index (χ4n) is 3.60. The number of anilines is 1. The van der Waals surface area contributed by atoms with Crippen LogP contribution < -0.4 is 20.1 Å². The Balaban J connectivity index is 1.42. The minimum atomic E-state index is -0.887. The predicted octanol–water partition coefficient (Wildman–Crippen LogP) is 5.12. The van der Waals surface area contributed by atoms with Gasteiger partial charge in [0.2, 0.25) is 0 Å². The lowest BCUT2D eigenvalue weighted by molar-refractivity contribution is -0.136. The van der Waals surface area contributed by atoms with E-state index in [-0.39, 0.29) is 11.4 Å². The van der Waals surface area contributed by atoms with E-state index in [9.17, 15) is 14.0 Å². The fourth-order valence-corrected chi connectivity index (χ4v) is 3.60. The molecule has 0 spiro atoms. The molecule has 0 fully saturated rings. The van der Waals surface area contributed by atoms with Crippen LogP contribution in [0.2, 0.25) is 0 Å². The van der Waals surface area contributed by atoms with Gasteiger partial charge in [0.15, 0.2) is 11.6 Å². The highest BCUT2D eigenvalue weighted by atomic mass is 19.1. The van der Waals surface area contributed by atoms with E-state index in [4.69, 9.17) is 9.47 Å². The molecule has 0 bridgehead atoms. The molecule has 0 aliphatic rings. The summed E-state index contributed by atoms with van der Waals surface area (Å²) in [6, 6.07) is 18.7. The van der Waals surface area contributed by atoms with Crippen molar-refractivity contribution in [1.82, 2.24) is 10.3 Å². The number of ether oxygens (including phenoxy) is 2. The molecular weight excluding hydrogens is 461 g/mol. The first kappa shape index (κ1) is 24.4. The smallest absolute Gasteiger partial charge is 0.313 e. The summed E-state index contributed by atoms with van der Waals surface area (Å²) in [6.45, 7) is 4.09. The second-order valence-corrected chi connectivity index (χ2v) is 7.82. The van der Waals surface area contributed by atoms with E-state index in [0.717, 1.165) is 17.2 Å². The van der Waals surface area contributed by atoms with Crippen molar-refractivity contribution in [3.05, 3.63) is 96.4 Å². The van der Waals surface area contributed by atoms with Crippen molar-refractivity contribution < 1.29 is 23.5 Å². The quantitative estimate of drug-likeness (QED) is 0.339. The van der Waals surface area contributed by atoms with Gasteiger partial charge >= 0.3 is 11.8 Å². The summed E-state index contributed by atoms with van der Waals surface area (Å²) >= 11 is 0. The Morgan fingerprint density at radius 2 is 1.81 bits per heavy atom. The van der Waals surface area contributed by atoms with Crippen LogP contribution in [-0.2, 0) is 16.0 Å². The summed E-state index contributed by atoms with van der Waals surface area (Å²) in [5.74, 6) is -1.45. The number of benzene rings is 3. The van der Waals surface area contributed by atoms with Crippen LogP contribution in [0, 0.1) is 5.82 Å². The number of methoxy groups -OCH3 is 1. The second kappa shape index (κ2) is 11.1. The molecule has 1 aromatic heterocycles. The first-order chi connectivity index (χ1) is 17.5. The van der Waals surface area contributed by atoms with Gasteiger partial charge in [0, 0.05) is 41.5 Å². The van der Waals surface area contributed by atoms with Gasteiger partial charge < -0.3 is 20.1 Å². The highest BCUT2D eigenvalue weighted by molar-refractivity contribution is 6.39. The predicted molar refractivity (Wildman–Crippen MR) is 137 cm³/mol. The molecule has 2 N–H and O–H groups in total. The van der Waals surface area contributed by atoms with Gasteiger partial charge in [-0.25, -0.2) is 4.39 Å². The molecule has 0 saturated carbocycles. The maximum atomic E-state index is 14.8. The molecule has 182 valence electrons. The van der Waals surface area contributed by atoms with Crippen molar-refractivity contribution in [2.75, 3.05) is 19.0 Å². The Labute approximate surface area is 207 Å². The monoisotopic (exact) mass is 485 g/mol. The van der Waals surface area contributed by atoms with E-state index in [0.29, 0.717) is 35.4 Å². The largest absolute Gasteiger partial charge is 0.496 e. The second-order valence-electron chi connectivity index (χ2n) is 7.82. The Morgan fingerprint density at radius 3 is 2.53 bits per heavy atom. The number of aromatic nitrogens is 1. The molecule has 0 saturated heterocycles. The molecule has 0 atom stereocenters. The molecule has 1 heterocycles. The van der Waals surface area contributed by atoms with Gasteiger partial charge in [-0.2, -0.15) is 0 Å². The molecule has 0 aliphatic heterocycles. The zero-order chi connectivity index (χ0) is 25.5. The zero-order valence-corrected chi connectivity index (χ0v) is 19.6. The van der Waals surface area contributed by atoms with Crippen LogP contribution in [0.3, 0.4) is 0 Å². The first-order valence-electron chi connectivity index (χ1n) is 11.2. The van der Waals surface area contributed by atoms with Crippen molar-refractivity contribution in [2.45, 2.75) is 6.42 Å². The molecule has 4 aromatic rings. The van der Waals surface area contributed by atoms with Crippen LogP contribution >= 0.6 is 0 Å². The van der Waals surface area contributed by atoms with Crippen LogP contribution in [0.15, 0.2) is 79.5 Å². The number of carbonyl (C=O) groups is 2. The number of nitrogens with one attached hydrogen (secondary N) is 2. The molecule has 0 unspecified atom stereocenters. The van der Waals surface area contributed by atoms with E-state index < -0.39 is 17.6 Å². The minimum Gasteiger partial charge on any atom is -0.496 e. The maximum Gasteiger partial charge on any atom is 0.313 e. The van der Waals surface area contributed by atoms with E-state index in [1.807, 2.05) is 30.3 Å². The lowest BCUT2D eigenvalue weighted by Gasteiger charge is -2.13. The summed E-state index contributed by atoms with van der Waals surface area (Å²) in [4.78, 5) is 28.6. The fraction of sp³-hybridized carbons (Fsp3) is 0.107. The van der Waals surface area contributed by atoms with E-state index in [1.165, 1.54) is 12.1 Å². The van der Waals surface area contributed by atoms with Gasteiger partial charge in [-0.3, -0.25) is 14.6 Å². The maximum absolute atomic E-state index is 14.8. The highest BCUT2D eigenvalue weighted by Gasteiger charge is 2.16. The van der Waals surface area contributed by atoms with Crippen molar-refractivity contribution in [3.8, 4) is 17.2 Å². The van der Waals surface area contributed by atoms with Gasteiger partial charge in [0.1, 0.15) is 11.5 Å². The third-order valence-electron chi connectivity index (χ3n) is 5.43. The van der Waals surface area contributed by atoms with Gasteiger partial charge in [-0.05, 0) is 36.2 Å². The van der Waals surface area contributed by atoms with Gasteiger partial charge in [-0.15, -0.1) is 0 Å². The van der Waals surface area contributed by atoms with Crippen molar-refractivity contribution in [3.63, 3.8) is 0 Å². The third-order valence-corrected chi connectivity index (χ3v) is 5.43. The van der Waals surface area contributed by atoms with E-state index >= 15 is 0 Å². The van der Waals surface area contributed by atoms with Crippen LogP contribution in [0.1, 0.15) is 11.1 Å². The Bertz CT molecular complexity index is 1420. The molecule has 2 amide bonds. The Kier molecular flexibility index (Phi) is 7.55. The number of halogens is 1. The molecular formula is C28H24FN3O4. The minimum absolute atomic E-state index is 0.0521. The Morgan fingerprint density at radius 1 is 1.00 bits per heavy atom. The molecule has 8 heteroatoms. The molecule has 4 rings (SSSR count). The average Bonchev–Trinajstić information content (AvgIpc) is 2.90. The zero-order valence-electron chi connectivity index (χ0n) is 19.6. The van der Waals surface area contributed by atoms with Crippen molar-refractivity contribution in [2.24, 2.45) is 0 Å². The molecule has 0 aliphatic carbocycles. The van der Waals surface area contributed by atoms with Crippen LogP contribution in [0.5, 0.6) is 17.2 Å². The number of rotatable bonds is 8. The summed E-state index contributed by atoms with van der Waals surface area (Å²) in [5, 5.41) is 5.60. The van der Waals surface area contributed by atoms with E-state index in [2.05, 4.69) is 22.2 Å². The average molecular weight is 486 g/mol. The summed E-state index contributed by atoms with van der Waals surface area (Å²) in [6.07, 6.45) is 3.78. The Hall–Kier alpha value is -4.72. The lowest BCUT2D eigenvalue weighted by Crippen LogP contribution is -2.36. The van der Waals surface area contributed by atoms with Gasteiger partial charge in [0.25, 0.3) is 0 Å². The number of fused-ring (bicyclic) bond motifs is 1. The van der Waals surface area contributed by atoms with Crippen LogP contribution in [0.25, 0.3) is 17.0 Å². The number of pyridine rings is 1. The number of nitrogens with zero attached hydrogens (tertiary/aromatic N) is 1. The standard InChI is InChI=1S/C28H24FN3O4/c1-3-19-15-21-23(17-26(19)35-2)30-14-12-24(21)36-25-10-9-20(16-22(25)29)32-28(34)27(33)31-13-11-18-7-5-4-6-8-18/h3-10,12,14-17H,1,11,13H2,2H3,(H,31,33)(H,32,34). The SMILES string of the molecule is C=Cc1cc2c(Oc3ccc(NC(=O)C(=O)NCCc4ccccc4)cc3F)ccnc2cc1OC. The third kappa shape index (κ3) is 5.67. The van der Waals surface area contributed by atoms with Gasteiger partial charge in [0.05, 0.1) is 12.6 Å². The summed E-state index contributed by atoms with van der Waals surface area (Å²) in [7, 11) is 1.55. The number of hydrogen-bond donors (Lipinski definition) is 2. The van der Waals surface area contributed by atoms with Crippen LogP contribution in [-0.4, -0.2) is 30.5 Å². The van der Waals surface area contributed by atoms with Gasteiger partial charge in [-0.1, -0.05) is 43.0 Å². The number of amides is 2. The van der Waals surface area contributed by atoms with Crippen molar-refractivity contribution in [1.29, 1.82) is 0 Å². The molecule has 7 nitrogen and oxygen atoms in total. The first-order valence-corrected chi connectivity index (χ1v) is 11.2. The molecule has 3 aromatic carbocycles. The van der Waals surface area contributed by atoms with E-state index in [1.54, 1.807) is 37.6 Å². The number of hydrogen-bond acceptors (Lipinski definition) is 5. The molecule has 0 radical (unpaired) electrons. The van der Waals surface area contributed by atoms with Crippen molar-refractivity contribution >= 4 is 34.5 Å². The molecule has 36 heavy (non-hydrogen) atoms. The highest BCUT2D eigenvalue weighted by Crippen LogP contribution is 2.34. The summed E-state index contributed by atoms with van der Waals surface area (Å²) in [5.41, 5.74) is 2.51. The topological polar surface area (TPSA) is 89.5 Å². The summed E-state index contributed by atoms with van der Waals surface area (Å²) < 4.78 is 26.0. The number of carbonyl (C=O) groups excluding carboxylic acids is 2. The lowest BCUT2D eigenvalue weighted by atomic mass is 10.1. The van der Waals surface area contributed by atoms with Crippen LogP contribution in [0.4, 0.5) is 10.1 Å².